The van der Waals surface area contributed by atoms with Crippen molar-refractivity contribution in [3.8, 4) is 6.07 Å². The standard InChI is InChI=1S/C16H12N4/c17-10-11-9-12(6-7-14(11)18)20-16-5-1-4-15-13(16)3-2-8-19-15/h1-9,20H,18H2. The number of nitrogens with zero attached hydrogens (tertiary/aromatic N) is 2. The number of rotatable bonds is 2. The van der Waals surface area contributed by atoms with E-state index in [0.29, 0.717) is 11.3 Å². The van der Waals surface area contributed by atoms with Crippen molar-refractivity contribution >= 4 is 28.0 Å². The fourth-order valence-corrected chi connectivity index (χ4v) is 2.10. The Morgan fingerprint density at radius 1 is 1.10 bits per heavy atom. The van der Waals surface area contributed by atoms with Gasteiger partial charge in [0.05, 0.1) is 11.1 Å². The van der Waals surface area contributed by atoms with Gasteiger partial charge in [0, 0.05) is 28.6 Å². The SMILES string of the molecule is N#Cc1cc(Nc2cccc3ncccc23)ccc1N. The molecule has 1 aromatic heterocycles. The van der Waals surface area contributed by atoms with Crippen LogP contribution in [0.2, 0.25) is 0 Å². The van der Waals surface area contributed by atoms with E-state index in [9.17, 15) is 0 Å². The highest BCUT2D eigenvalue weighted by molar-refractivity contribution is 5.93. The van der Waals surface area contributed by atoms with Crippen LogP contribution in [0, 0.1) is 11.3 Å². The van der Waals surface area contributed by atoms with E-state index < -0.39 is 0 Å². The number of nitrogens with one attached hydrogen (secondary N) is 1. The van der Waals surface area contributed by atoms with Gasteiger partial charge in [-0.3, -0.25) is 4.98 Å². The number of aromatic nitrogens is 1. The van der Waals surface area contributed by atoms with Gasteiger partial charge in [0.25, 0.3) is 0 Å². The van der Waals surface area contributed by atoms with Crippen molar-refractivity contribution in [2.24, 2.45) is 0 Å². The predicted molar refractivity (Wildman–Crippen MR) is 80.6 cm³/mol. The molecule has 0 radical (unpaired) electrons. The summed E-state index contributed by atoms with van der Waals surface area (Å²) in [5, 5.41) is 13.3. The zero-order valence-corrected chi connectivity index (χ0v) is 10.7. The van der Waals surface area contributed by atoms with E-state index in [1.807, 2.05) is 36.4 Å². The maximum atomic E-state index is 9.01. The average Bonchev–Trinajstić information content (AvgIpc) is 2.49. The number of hydrogen-bond acceptors (Lipinski definition) is 4. The first-order valence-electron chi connectivity index (χ1n) is 6.18. The van der Waals surface area contributed by atoms with Gasteiger partial charge in [-0.15, -0.1) is 0 Å². The Balaban J connectivity index is 2.04. The topological polar surface area (TPSA) is 74.7 Å². The monoisotopic (exact) mass is 260 g/mol. The molecule has 0 atom stereocenters. The van der Waals surface area contributed by atoms with Crippen molar-refractivity contribution in [2.75, 3.05) is 11.1 Å². The minimum Gasteiger partial charge on any atom is -0.398 e. The molecule has 3 aromatic rings. The molecule has 0 aliphatic heterocycles. The average molecular weight is 260 g/mol. The number of benzene rings is 2. The molecule has 0 saturated heterocycles. The predicted octanol–water partition coefficient (Wildman–Crippen LogP) is 3.43. The Morgan fingerprint density at radius 3 is 2.85 bits per heavy atom. The molecule has 1 heterocycles. The largest absolute Gasteiger partial charge is 0.398 e. The van der Waals surface area contributed by atoms with Gasteiger partial charge in [0.2, 0.25) is 0 Å². The Bertz CT molecular complexity index is 813. The van der Waals surface area contributed by atoms with Crippen LogP contribution in [0.1, 0.15) is 5.56 Å². The third-order valence-electron chi connectivity index (χ3n) is 3.10. The quantitative estimate of drug-likeness (QED) is 0.692. The summed E-state index contributed by atoms with van der Waals surface area (Å²) in [6.07, 6.45) is 1.77. The van der Waals surface area contributed by atoms with Gasteiger partial charge in [-0.05, 0) is 42.5 Å². The van der Waals surface area contributed by atoms with Crippen LogP contribution in [0.3, 0.4) is 0 Å². The van der Waals surface area contributed by atoms with Crippen LogP contribution in [0.15, 0.2) is 54.7 Å². The summed E-state index contributed by atoms with van der Waals surface area (Å²) in [7, 11) is 0. The fraction of sp³-hybridized carbons (Fsp3) is 0. The van der Waals surface area contributed by atoms with Gasteiger partial charge in [-0.2, -0.15) is 5.26 Å². The zero-order valence-electron chi connectivity index (χ0n) is 10.7. The van der Waals surface area contributed by atoms with Crippen molar-refractivity contribution < 1.29 is 0 Å². The lowest BCUT2D eigenvalue weighted by molar-refractivity contribution is 1.41. The van der Waals surface area contributed by atoms with Crippen LogP contribution < -0.4 is 11.1 Å². The van der Waals surface area contributed by atoms with Gasteiger partial charge in [0.1, 0.15) is 6.07 Å². The molecule has 96 valence electrons. The molecule has 0 unspecified atom stereocenters. The molecule has 4 heteroatoms. The van der Waals surface area contributed by atoms with E-state index in [1.165, 1.54) is 0 Å². The van der Waals surface area contributed by atoms with Crippen molar-refractivity contribution in [1.82, 2.24) is 4.98 Å². The minimum absolute atomic E-state index is 0.466. The molecule has 0 amide bonds. The van der Waals surface area contributed by atoms with Gasteiger partial charge in [0.15, 0.2) is 0 Å². The lowest BCUT2D eigenvalue weighted by atomic mass is 10.1. The molecule has 3 N–H and O–H groups in total. The highest BCUT2D eigenvalue weighted by Gasteiger charge is 2.04. The summed E-state index contributed by atoms with van der Waals surface area (Å²) in [4.78, 5) is 4.32. The number of nitrogen functional groups attached to an aromatic ring is 1. The molecule has 0 bridgehead atoms. The highest BCUT2D eigenvalue weighted by Crippen LogP contribution is 2.26. The summed E-state index contributed by atoms with van der Waals surface area (Å²) in [6.45, 7) is 0. The van der Waals surface area contributed by atoms with Crippen LogP contribution >= 0.6 is 0 Å². The number of anilines is 3. The van der Waals surface area contributed by atoms with Crippen molar-refractivity contribution in [1.29, 1.82) is 5.26 Å². The Kier molecular flexibility index (Phi) is 2.94. The molecule has 0 saturated carbocycles. The number of pyridine rings is 1. The number of hydrogen-bond donors (Lipinski definition) is 2. The summed E-state index contributed by atoms with van der Waals surface area (Å²) in [5.74, 6) is 0. The maximum absolute atomic E-state index is 9.01. The second-order valence-electron chi connectivity index (χ2n) is 4.41. The van der Waals surface area contributed by atoms with E-state index in [0.717, 1.165) is 22.3 Å². The Hall–Kier alpha value is -3.06. The number of nitriles is 1. The highest BCUT2D eigenvalue weighted by atomic mass is 14.9. The van der Waals surface area contributed by atoms with E-state index >= 15 is 0 Å². The molecule has 3 rings (SSSR count). The Labute approximate surface area is 116 Å². The summed E-state index contributed by atoms with van der Waals surface area (Å²) in [5.41, 5.74) is 9.37. The first-order valence-corrected chi connectivity index (χ1v) is 6.18. The second-order valence-corrected chi connectivity index (χ2v) is 4.41. The molecule has 20 heavy (non-hydrogen) atoms. The molecule has 0 aliphatic rings. The first kappa shape index (κ1) is 12.0. The molecule has 4 nitrogen and oxygen atoms in total. The normalized spacial score (nSPS) is 10.2. The third-order valence-corrected chi connectivity index (χ3v) is 3.10. The van der Waals surface area contributed by atoms with Crippen molar-refractivity contribution in [3.05, 3.63) is 60.3 Å². The van der Waals surface area contributed by atoms with E-state index in [1.54, 1.807) is 18.3 Å². The lowest BCUT2D eigenvalue weighted by Gasteiger charge is -2.10. The summed E-state index contributed by atoms with van der Waals surface area (Å²) < 4.78 is 0. The van der Waals surface area contributed by atoms with Gasteiger partial charge in [-0.1, -0.05) is 6.07 Å². The lowest BCUT2D eigenvalue weighted by Crippen LogP contribution is -1.95. The maximum Gasteiger partial charge on any atom is 0.101 e. The van der Waals surface area contributed by atoms with Crippen LogP contribution in [-0.4, -0.2) is 4.98 Å². The zero-order chi connectivity index (χ0) is 13.9. The van der Waals surface area contributed by atoms with Crippen molar-refractivity contribution in [2.45, 2.75) is 0 Å². The van der Waals surface area contributed by atoms with Crippen molar-refractivity contribution in [3.63, 3.8) is 0 Å². The van der Waals surface area contributed by atoms with Crippen LogP contribution in [-0.2, 0) is 0 Å². The smallest absolute Gasteiger partial charge is 0.101 e. The van der Waals surface area contributed by atoms with E-state index in [-0.39, 0.29) is 0 Å². The number of nitrogens with two attached hydrogens (primary N) is 1. The molecular weight excluding hydrogens is 248 g/mol. The Morgan fingerprint density at radius 2 is 2.00 bits per heavy atom. The molecule has 0 spiro atoms. The minimum atomic E-state index is 0.466. The first-order chi connectivity index (χ1) is 9.78. The van der Waals surface area contributed by atoms with E-state index in [2.05, 4.69) is 16.4 Å². The summed E-state index contributed by atoms with van der Waals surface area (Å²) >= 11 is 0. The fourth-order valence-electron chi connectivity index (χ4n) is 2.10. The van der Waals surface area contributed by atoms with Gasteiger partial charge in [-0.25, -0.2) is 0 Å². The van der Waals surface area contributed by atoms with Crippen LogP contribution in [0.25, 0.3) is 10.9 Å². The van der Waals surface area contributed by atoms with Crippen LogP contribution in [0.5, 0.6) is 0 Å². The second kappa shape index (κ2) is 4.90. The van der Waals surface area contributed by atoms with Gasteiger partial charge >= 0.3 is 0 Å². The molecule has 0 fully saturated rings. The van der Waals surface area contributed by atoms with E-state index in [4.69, 9.17) is 11.0 Å². The molecular formula is C16H12N4. The molecule has 0 aliphatic carbocycles. The number of fused-ring (bicyclic) bond motifs is 1. The summed E-state index contributed by atoms with van der Waals surface area (Å²) in [6, 6.07) is 17.2. The van der Waals surface area contributed by atoms with Crippen LogP contribution in [0.4, 0.5) is 17.1 Å². The third kappa shape index (κ3) is 2.13. The molecule has 2 aromatic carbocycles. The van der Waals surface area contributed by atoms with Gasteiger partial charge < -0.3 is 11.1 Å².